The van der Waals surface area contributed by atoms with Crippen LogP contribution in [0.25, 0.3) is 11.2 Å². The van der Waals surface area contributed by atoms with Crippen molar-refractivity contribution >= 4 is 26.9 Å². The van der Waals surface area contributed by atoms with E-state index in [0.29, 0.717) is 11.2 Å². The summed E-state index contributed by atoms with van der Waals surface area (Å²) in [6.07, 6.45) is 1.30. The number of hydrogen-bond donors (Lipinski definition) is 2. The van der Waals surface area contributed by atoms with Gasteiger partial charge in [0, 0.05) is 5.69 Å². The van der Waals surface area contributed by atoms with Gasteiger partial charge in [-0.2, -0.15) is 23.7 Å². The second-order valence-electron chi connectivity index (χ2n) is 3.66. The summed E-state index contributed by atoms with van der Waals surface area (Å²) >= 11 is 0. The van der Waals surface area contributed by atoms with Crippen LogP contribution in [0.1, 0.15) is 0 Å². The maximum absolute atomic E-state index is 12.1. The highest BCUT2D eigenvalue weighted by molar-refractivity contribution is 7.92. The number of rotatable bonds is 3. The Kier molecular flexibility index (Phi) is 2.60. The molecule has 0 aliphatic heterocycles. The fourth-order valence-corrected chi connectivity index (χ4v) is 2.41. The minimum atomic E-state index is -3.84. The first-order valence-electron chi connectivity index (χ1n) is 5.26. The van der Waals surface area contributed by atoms with Crippen molar-refractivity contribution in [2.45, 2.75) is 5.16 Å². The Balaban J connectivity index is 1.99. The van der Waals surface area contributed by atoms with Gasteiger partial charge in [-0.1, -0.05) is 18.2 Å². The largest absolute Gasteiger partial charge is 0.297 e. The lowest BCUT2D eigenvalue weighted by Gasteiger charge is -2.05. The van der Waals surface area contributed by atoms with Crippen molar-refractivity contribution in [3.05, 3.63) is 36.5 Å². The number of hydrogen-bond acceptors (Lipinski definition) is 6. The summed E-state index contributed by atoms with van der Waals surface area (Å²) in [7, 11) is -3.84. The molecule has 2 N–H and O–H groups in total. The molecule has 0 aliphatic rings. The van der Waals surface area contributed by atoms with Crippen molar-refractivity contribution in [1.82, 2.24) is 25.4 Å². The van der Waals surface area contributed by atoms with Crippen LogP contribution in [-0.2, 0) is 10.0 Å². The molecule has 0 saturated heterocycles. The Morgan fingerprint density at radius 1 is 1.11 bits per heavy atom. The monoisotopic (exact) mass is 276 g/mol. The molecule has 1 aromatic carbocycles. The molecule has 8 nitrogen and oxygen atoms in total. The average Bonchev–Trinajstić information content (AvgIpc) is 2.86. The minimum absolute atomic E-state index is 0.198. The Hall–Kier alpha value is -2.55. The highest BCUT2D eigenvalue weighted by Gasteiger charge is 2.19. The summed E-state index contributed by atoms with van der Waals surface area (Å²) in [5.41, 5.74) is 1.04. The van der Waals surface area contributed by atoms with Gasteiger partial charge >= 0.3 is 0 Å². The van der Waals surface area contributed by atoms with Crippen molar-refractivity contribution in [3.8, 4) is 0 Å². The predicted molar refractivity (Wildman–Crippen MR) is 66.7 cm³/mol. The molecular weight excluding hydrogens is 268 g/mol. The molecule has 19 heavy (non-hydrogen) atoms. The molecule has 0 radical (unpaired) electrons. The number of para-hydroxylation sites is 1. The zero-order chi connectivity index (χ0) is 13.3. The zero-order valence-electron chi connectivity index (χ0n) is 9.48. The Morgan fingerprint density at radius 2 is 1.89 bits per heavy atom. The smallest absolute Gasteiger partial charge is 0.277 e. The molecule has 2 heterocycles. The van der Waals surface area contributed by atoms with Gasteiger partial charge in [0.1, 0.15) is 5.52 Å². The van der Waals surface area contributed by atoms with Gasteiger partial charge in [0.05, 0.1) is 6.20 Å². The van der Waals surface area contributed by atoms with E-state index in [2.05, 4.69) is 30.1 Å². The van der Waals surface area contributed by atoms with Crippen molar-refractivity contribution in [2.24, 2.45) is 0 Å². The van der Waals surface area contributed by atoms with E-state index in [1.165, 1.54) is 6.20 Å². The Bertz CT molecular complexity index is 814. The van der Waals surface area contributed by atoms with Gasteiger partial charge in [-0.05, 0) is 12.1 Å². The van der Waals surface area contributed by atoms with E-state index in [4.69, 9.17) is 0 Å². The number of aromatic nitrogens is 5. The van der Waals surface area contributed by atoms with Crippen LogP contribution in [-0.4, -0.2) is 33.8 Å². The van der Waals surface area contributed by atoms with Gasteiger partial charge in [-0.25, -0.2) is 4.98 Å². The number of nitrogens with one attached hydrogen (secondary N) is 2. The first-order chi connectivity index (χ1) is 9.15. The predicted octanol–water partition coefficient (Wildman–Crippen LogP) is 0.549. The van der Waals surface area contributed by atoms with Crippen LogP contribution in [0.2, 0.25) is 0 Å². The summed E-state index contributed by atoms with van der Waals surface area (Å²) in [5.74, 6) is 0. The van der Waals surface area contributed by atoms with Crippen LogP contribution in [0.15, 0.2) is 41.7 Å². The second kappa shape index (κ2) is 4.28. The molecule has 9 heteroatoms. The average molecular weight is 276 g/mol. The van der Waals surface area contributed by atoms with E-state index in [1.54, 1.807) is 30.3 Å². The first kappa shape index (κ1) is 11.5. The molecule has 0 atom stereocenters. The van der Waals surface area contributed by atoms with Crippen LogP contribution >= 0.6 is 0 Å². The quantitative estimate of drug-likeness (QED) is 0.675. The van der Waals surface area contributed by atoms with Gasteiger partial charge < -0.3 is 0 Å². The Labute approximate surface area is 108 Å². The fourth-order valence-electron chi connectivity index (χ4n) is 1.47. The van der Waals surface area contributed by atoms with Gasteiger partial charge in [-0.3, -0.25) is 4.72 Å². The molecule has 0 fully saturated rings. The highest BCUT2D eigenvalue weighted by Crippen LogP contribution is 2.13. The SMILES string of the molecule is O=S(=O)(Nc1ccccc1)c1ncc2n[nH]nc2n1. The van der Waals surface area contributed by atoms with E-state index in [0.717, 1.165) is 0 Å². The fraction of sp³-hybridized carbons (Fsp3) is 0. The van der Waals surface area contributed by atoms with Crippen molar-refractivity contribution in [1.29, 1.82) is 0 Å². The number of H-pyrrole nitrogens is 1. The molecule has 0 aliphatic carbocycles. The first-order valence-corrected chi connectivity index (χ1v) is 6.75. The number of sulfonamides is 1. The number of anilines is 1. The molecule has 3 aromatic rings. The topological polar surface area (TPSA) is 114 Å². The summed E-state index contributed by atoms with van der Waals surface area (Å²) in [6, 6.07) is 8.49. The van der Waals surface area contributed by atoms with Crippen molar-refractivity contribution in [3.63, 3.8) is 0 Å². The lowest BCUT2D eigenvalue weighted by atomic mass is 10.3. The van der Waals surface area contributed by atoms with Gasteiger partial charge in [0.25, 0.3) is 15.2 Å². The second-order valence-corrected chi connectivity index (χ2v) is 5.23. The van der Waals surface area contributed by atoms with Gasteiger partial charge in [0.15, 0.2) is 0 Å². The number of aromatic amines is 1. The Morgan fingerprint density at radius 3 is 2.68 bits per heavy atom. The normalized spacial score (nSPS) is 11.6. The third-order valence-electron chi connectivity index (χ3n) is 2.32. The molecule has 3 rings (SSSR count). The van der Waals surface area contributed by atoms with Crippen LogP contribution in [0.3, 0.4) is 0 Å². The minimum Gasteiger partial charge on any atom is -0.277 e. The van der Waals surface area contributed by atoms with Crippen LogP contribution < -0.4 is 4.72 Å². The van der Waals surface area contributed by atoms with E-state index in [1.807, 2.05) is 0 Å². The van der Waals surface area contributed by atoms with Crippen molar-refractivity contribution in [2.75, 3.05) is 4.72 Å². The molecule has 0 amide bonds. The van der Waals surface area contributed by atoms with Gasteiger partial charge in [-0.15, -0.1) is 5.10 Å². The van der Waals surface area contributed by atoms with Crippen LogP contribution in [0.4, 0.5) is 5.69 Å². The van der Waals surface area contributed by atoms with Crippen LogP contribution in [0.5, 0.6) is 0 Å². The van der Waals surface area contributed by atoms with E-state index < -0.39 is 10.0 Å². The number of nitrogens with zero attached hydrogens (tertiary/aromatic N) is 4. The standard InChI is InChI=1S/C10H8N6O2S/c17-19(18,15-7-4-2-1-3-5-7)10-11-6-8-9(12-10)14-16-13-8/h1-6,15H,(H,11,12,13,14,16). The van der Waals surface area contributed by atoms with E-state index in [9.17, 15) is 8.42 Å². The van der Waals surface area contributed by atoms with Crippen molar-refractivity contribution < 1.29 is 8.42 Å². The number of fused-ring (bicyclic) bond motifs is 1. The third kappa shape index (κ3) is 2.22. The number of benzene rings is 1. The summed E-state index contributed by atoms with van der Waals surface area (Å²) in [4.78, 5) is 7.60. The molecular formula is C10H8N6O2S. The van der Waals surface area contributed by atoms with E-state index in [-0.39, 0.29) is 10.8 Å². The highest BCUT2D eigenvalue weighted by atomic mass is 32.2. The zero-order valence-corrected chi connectivity index (χ0v) is 10.3. The molecule has 2 aromatic heterocycles. The maximum Gasteiger partial charge on any atom is 0.297 e. The third-order valence-corrected chi connectivity index (χ3v) is 3.50. The summed E-state index contributed by atoms with van der Waals surface area (Å²) in [6.45, 7) is 0. The van der Waals surface area contributed by atoms with Gasteiger partial charge in [0.2, 0.25) is 5.65 Å². The van der Waals surface area contributed by atoms with Crippen LogP contribution in [0, 0.1) is 0 Å². The molecule has 96 valence electrons. The lowest BCUT2D eigenvalue weighted by molar-refractivity contribution is 0.593. The lowest BCUT2D eigenvalue weighted by Crippen LogP contribution is -2.16. The molecule has 0 saturated carbocycles. The van der Waals surface area contributed by atoms with E-state index >= 15 is 0 Å². The summed E-state index contributed by atoms with van der Waals surface area (Å²) in [5, 5.41) is 9.47. The summed E-state index contributed by atoms with van der Waals surface area (Å²) < 4.78 is 26.5. The maximum atomic E-state index is 12.1. The molecule has 0 unspecified atom stereocenters. The molecule has 0 spiro atoms. The molecule has 0 bridgehead atoms.